The minimum absolute atomic E-state index is 0.0431. The summed E-state index contributed by atoms with van der Waals surface area (Å²) < 4.78 is 51.8. The minimum atomic E-state index is -4.81. The maximum absolute atomic E-state index is 13.9. The molecular formula is C25H22F3N5O5. The Balaban J connectivity index is 1.51. The number of carbonyl (C=O) groups excluding carboxylic acids is 2. The topological polar surface area (TPSA) is 135 Å². The molecule has 2 heterocycles. The van der Waals surface area contributed by atoms with Crippen LogP contribution in [0, 0.1) is 0 Å². The van der Waals surface area contributed by atoms with E-state index >= 15 is 0 Å². The Morgan fingerprint density at radius 1 is 1.00 bits per heavy atom. The van der Waals surface area contributed by atoms with Crippen LogP contribution in [0.15, 0.2) is 63.6 Å². The number of amides is 2. The van der Waals surface area contributed by atoms with Gasteiger partial charge in [-0.25, -0.2) is 0 Å². The fraction of sp³-hybridized carbons (Fsp3) is 0.240. The van der Waals surface area contributed by atoms with Crippen LogP contribution in [0.1, 0.15) is 23.7 Å². The molecule has 0 unspecified atom stereocenters. The van der Waals surface area contributed by atoms with Gasteiger partial charge in [-0.1, -0.05) is 64.9 Å². The Morgan fingerprint density at radius 3 is 2.32 bits per heavy atom. The van der Waals surface area contributed by atoms with Crippen molar-refractivity contribution in [1.29, 1.82) is 0 Å². The van der Waals surface area contributed by atoms with Crippen molar-refractivity contribution in [3.05, 3.63) is 65.7 Å². The molecule has 0 radical (unpaired) electrons. The highest BCUT2D eigenvalue weighted by Crippen LogP contribution is 2.43. The van der Waals surface area contributed by atoms with E-state index in [1.807, 2.05) is 0 Å². The largest absolute Gasteiger partial charge is 0.422 e. The Kier molecular flexibility index (Phi) is 7.57. The molecule has 0 spiro atoms. The number of benzene rings is 2. The lowest BCUT2D eigenvalue weighted by atomic mass is 10.1. The minimum Gasteiger partial charge on any atom is -0.378 e. The van der Waals surface area contributed by atoms with Crippen LogP contribution in [0.3, 0.4) is 0 Å². The molecule has 4 aromatic rings. The van der Waals surface area contributed by atoms with Crippen LogP contribution < -0.4 is 5.32 Å². The van der Waals surface area contributed by atoms with E-state index in [1.165, 1.54) is 41.3 Å². The number of aliphatic hydroxyl groups is 1. The first-order valence-electron chi connectivity index (χ1n) is 11.3. The summed E-state index contributed by atoms with van der Waals surface area (Å²) in [6, 6.07) is 13.6. The zero-order valence-corrected chi connectivity index (χ0v) is 20.2. The maximum Gasteiger partial charge on any atom is 0.422 e. The quantitative estimate of drug-likeness (QED) is 0.353. The summed E-state index contributed by atoms with van der Waals surface area (Å²) >= 11 is 0. The maximum atomic E-state index is 13.9. The van der Waals surface area contributed by atoms with Crippen molar-refractivity contribution in [1.82, 2.24) is 25.5 Å². The van der Waals surface area contributed by atoms with Crippen LogP contribution in [-0.2, 0) is 15.8 Å². The first-order chi connectivity index (χ1) is 18.1. The highest BCUT2D eigenvalue weighted by molar-refractivity contribution is 5.83. The monoisotopic (exact) mass is 529 g/mol. The van der Waals surface area contributed by atoms with Crippen LogP contribution in [0.5, 0.6) is 0 Å². The molecular weight excluding hydrogens is 507 g/mol. The van der Waals surface area contributed by atoms with E-state index in [-0.39, 0.29) is 35.8 Å². The Labute approximate surface area is 214 Å². The first kappa shape index (κ1) is 26.5. The van der Waals surface area contributed by atoms with Crippen molar-refractivity contribution in [2.75, 3.05) is 20.6 Å². The number of halogens is 3. The van der Waals surface area contributed by atoms with Crippen molar-refractivity contribution < 1.29 is 36.9 Å². The first-order valence-corrected chi connectivity index (χ1v) is 11.3. The highest BCUT2D eigenvalue weighted by atomic mass is 19.4. The smallest absolute Gasteiger partial charge is 0.378 e. The summed E-state index contributed by atoms with van der Waals surface area (Å²) in [4.78, 5) is 29.2. The molecule has 2 aromatic carbocycles. The second-order valence-corrected chi connectivity index (χ2v) is 8.38. The molecule has 0 aliphatic heterocycles. The van der Waals surface area contributed by atoms with E-state index in [0.29, 0.717) is 5.56 Å². The van der Waals surface area contributed by atoms with Gasteiger partial charge < -0.3 is 24.4 Å². The SMILES string of the molecule is CN(C)C(=O)CCNC(=O)[C@H](O)c1ccc(-c2noc(-c3onc(-c4ccccc4)c3C(F)(F)F)n2)cc1. The lowest BCUT2D eigenvalue weighted by molar-refractivity contribution is -0.137. The number of alkyl halides is 3. The molecule has 2 N–H and O–H groups in total. The molecule has 2 amide bonds. The number of hydrogen-bond acceptors (Lipinski definition) is 8. The third-order valence-corrected chi connectivity index (χ3v) is 5.51. The van der Waals surface area contributed by atoms with Crippen LogP contribution in [0.2, 0.25) is 0 Å². The second-order valence-electron chi connectivity index (χ2n) is 8.38. The number of nitrogens with zero attached hydrogens (tertiary/aromatic N) is 4. The summed E-state index contributed by atoms with van der Waals surface area (Å²) in [6.45, 7) is 0.0597. The predicted molar refractivity (Wildman–Crippen MR) is 127 cm³/mol. The average Bonchev–Trinajstić information content (AvgIpc) is 3.56. The lowest BCUT2D eigenvalue weighted by Gasteiger charge is -2.13. The second kappa shape index (κ2) is 10.8. The van der Waals surface area contributed by atoms with Gasteiger partial charge in [-0.2, -0.15) is 18.2 Å². The molecule has 0 aliphatic rings. The van der Waals surface area contributed by atoms with E-state index < -0.39 is 41.1 Å². The molecule has 0 bridgehead atoms. The standard InChI is InChI=1S/C25H22F3N5O5/c1-33(2)17(34)12-13-29-23(36)20(35)15-8-10-16(11-9-15)22-30-24(38-32-22)21-18(25(26,27)28)19(31-37-21)14-6-4-3-5-7-14/h3-11,20,35H,12-13H2,1-2H3,(H,29,36)/t20-/m1/s1. The van der Waals surface area contributed by atoms with Crippen LogP contribution in [0.4, 0.5) is 13.2 Å². The summed E-state index contributed by atoms with van der Waals surface area (Å²) in [7, 11) is 3.19. The fourth-order valence-electron chi connectivity index (χ4n) is 3.50. The van der Waals surface area contributed by atoms with Gasteiger partial charge in [0.2, 0.25) is 17.5 Å². The fourth-order valence-corrected chi connectivity index (χ4v) is 3.50. The molecule has 38 heavy (non-hydrogen) atoms. The van der Waals surface area contributed by atoms with Crippen LogP contribution in [-0.4, -0.2) is 57.8 Å². The summed E-state index contributed by atoms with van der Waals surface area (Å²) in [5.41, 5.74) is -0.747. The molecule has 0 aliphatic carbocycles. The molecule has 4 rings (SSSR count). The van der Waals surface area contributed by atoms with Crippen LogP contribution >= 0.6 is 0 Å². The molecule has 1 atom stereocenters. The van der Waals surface area contributed by atoms with Gasteiger partial charge in [0.1, 0.15) is 11.3 Å². The zero-order chi connectivity index (χ0) is 27.4. The number of rotatable bonds is 8. The van der Waals surface area contributed by atoms with Crippen molar-refractivity contribution >= 4 is 11.8 Å². The molecule has 0 saturated heterocycles. The van der Waals surface area contributed by atoms with Gasteiger partial charge in [0.05, 0.1) is 0 Å². The van der Waals surface area contributed by atoms with Gasteiger partial charge in [-0.05, 0) is 5.56 Å². The van der Waals surface area contributed by atoms with E-state index in [2.05, 4.69) is 20.6 Å². The molecule has 10 nitrogen and oxygen atoms in total. The zero-order valence-electron chi connectivity index (χ0n) is 20.2. The Hall–Kier alpha value is -4.52. The lowest BCUT2D eigenvalue weighted by Crippen LogP contribution is -2.33. The van der Waals surface area contributed by atoms with Gasteiger partial charge in [0.15, 0.2) is 6.10 Å². The van der Waals surface area contributed by atoms with E-state index in [9.17, 15) is 27.9 Å². The molecule has 13 heteroatoms. The average molecular weight is 529 g/mol. The van der Waals surface area contributed by atoms with Gasteiger partial charge in [0, 0.05) is 38.2 Å². The molecule has 0 saturated carbocycles. The van der Waals surface area contributed by atoms with Crippen LogP contribution in [0.25, 0.3) is 34.3 Å². The number of nitrogens with one attached hydrogen (secondary N) is 1. The van der Waals surface area contributed by atoms with Crippen molar-refractivity contribution in [2.45, 2.75) is 18.7 Å². The summed E-state index contributed by atoms with van der Waals surface area (Å²) in [6.07, 6.45) is -6.23. The Bertz CT molecular complexity index is 1420. The number of carbonyl (C=O) groups is 2. The predicted octanol–water partition coefficient (Wildman–Crippen LogP) is 3.71. The normalized spacial score (nSPS) is 12.3. The van der Waals surface area contributed by atoms with Crippen molar-refractivity contribution in [3.63, 3.8) is 0 Å². The highest BCUT2D eigenvalue weighted by Gasteiger charge is 2.43. The number of aliphatic hydroxyl groups excluding tert-OH is 1. The number of aromatic nitrogens is 3. The Morgan fingerprint density at radius 2 is 1.68 bits per heavy atom. The molecule has 0 fully saturated rings. The van der Waals surface area contributed by atoms with Gasteiger partial charge >= 0.3 is 6.18 Å². The molecule has 2 aromatic heterocycles. The van der Waals surface area contributed by atoms with Crippen molar-refractivity contribution in [2.24, 2.45) is 0 Å². The molecule has 198 valence electrons. The van der Waals surface area contributed by atoms with Gasteiger partial charge in [-0.15, -0.1) is 0 Å². The van der Waals surface area contributed by atoms with E-state index in [0.717, 1.165) is 0 Å². The third kappa shape index (κ3) is 5.72. The van der Waals surface area contributed by atoms with E-state index in [1.54, 1.807) is 32.3 Å². The third-order valence-electron chi connectivity index (χ3n) is 5.51. The van der Waals surface area contributed by atoms with Gasteiger partial charge in [-0.3, -0.25) is 9.59 Å². The van der Waals surface area contributed by atoms with E-state index in [4.69, 9.17) is 9.05 Å². The number of hydrogen-bond donors (Lipinski definition) is 2. The van der Waals surface area contributed by atoms with Gasteiger partial charge in [0.25, 0.3) is 11.8 Å². The van der Waals surface area contributed by atoms with Crippen molar-refractivity contribution in [3.8, 4) is 34.3 Å². The summed E-state index contributed by atoms with van der Waals surface area (Å²) in [5, 5.41) is 20.1. The summed E-state index contributed by atoms with van der Waals surface area (Å²) in [5.74, 6) is -2.14.